The molecule has 1 aromatic heterocycles. The number of benzene rings is 1. The number of allylic oxidation sites excluding steroid dienone is 2. The van der Waals surface area contributed by atoms with Crippen LogP contribution in [0.1, 0.15) is 5.76 Å². The highest BCUT2D eigenvalue weighted by Crippen LogP contribution is 2.35. The molecule has 0 radical (unpaired) electrons. The van der Waals surface area contributed by atoms with Crippen LogP contribution in [0.5, 0.6) is 5.75 Å². The number of nitrogens with zero attached hydrogens (tertiary/aromatic N) is 1. The van der Waals surface area contributed by atoms with Gasteiger partial charge in [-0.05, 0) is 36.4 Å². The molecule has 0 atom stereocenters. The normalized spacial score (nSPS) is 17.1. The van der Waals surface area contributed by atoms with E-state index in [4.69, 9.17) is 16.6 Å². The SMILES string of the molecule is O=C1C(=CC=Cc2ccco2)SC(=S)N1c1cccc(O)c1. The minimum Gasteiger partial charge on any atom is -0.508 e. The molecule has 6 heteroatoms. The van der Waals surface area contributed by atoms with Gasteiger partial charge in [0.25, 0.3) is 5.91 Å². The van der Waals surface area contributed by atoms with Crippen LogP contribution in [0.25, 0.3) is 6.08 Å². The van der Waals surface area contributed by atoms with Crippen molar-refractivity contribution < 1.29 is 14.3 Å². The van der Waals surface area contributed by atoms with Crippen LogP contribution in [-0.4, -0.2) is 15.3 Å². The highest BCUT2D eigenvalue weighted by molar-refractivity contribution is 8.27. The fourth-order valence-electron chi connectivity index (χ4n) is 1.95. The number of phenolic OH excluding ortho intramolecular Hbond substituents is 1. The van der Waals surface area contributed by atoms with E-state index < -0.39 is 0 Å². The number of carbonyl (C=O) groups is 1. The van der Waals surface area contributed by atoms with Crippen molar-refractivity contribution in [2.45, 2.75) is 0 Å². The largest absolute Gasteiger partial charge is 0.508 e. The molecule has 1 amide bonds. The monoisotopic (exact) mass is 329 g/mol. The molecule has 1 aromatic carbocycles. The average Bonchev–Trinajstić information content (AvgIpc) is 3.08. The Kier molecular flexibility index (Phi) is 4.13. The van der Waals surface area contributed by atoms with E-state index in [2.05, 4.69) is 0 Å². The molecule has 0 aliphatic carbocycles. The first-order valence-corrected chi connectivity index (χ1v) is 7.65. The summed E-state index contributed by atoms with van der Waals surface area (Å²) in [7, 11) is 0. The standard InChI is InChI=1S/C16H11NO3S2/c18-12-5-1-4-11(10-12)17-15(19)14(22-16(17)21)8-2-6-13-7-3-9-20-13/h1-10,18H. The molecule has 2 heterocycles. The zero-order valence-corrected chi connectivity index (χ0v) is 12.9. The number of aromatic hydroxyl groups is 1. The van der Waals surface area contributed by atoms with Crippen LogP contribution < -0.4 is 4.90 Å². The lowest BCUT2D eigenvalue weighted by Gasteiger charge is -2.14. The number of amides is 1. The van der Waals surface area contributed by atoms with Crippen LogP contribution >= 0.6 is 24.0 Å². The average molecular weight is 329 g/mol. The molecule has 2 aromatic rings. The minimum absolute atomic E-state index is 0.0910. The number of furan rings is 1. The van der Waals surface area contributed by atoms with Crippen molar-refractivity contribution in [1.82, 2.24) is 0 Å². The second-order valence-electron chi connectivity index (χ2n) is 4.43. The number of carbonyl (C=O) groups excluding carboxylic acids is 1. The molecule has 110 valence electrons. The molecular weight excluding hydrogens is 318 g/mol. The van der Waals surface area contributed by atoms with Crippen LogP contribution in [0, 0.1) is 0 Å². The zero-order chi connectivity index (χ0) is 15.5. The number of rotatable bonds is 3. The molecule has 1 aliphatic heterocycles. The van der Waals surface area contributed by atoms with Crippen molar-refractivity contribution in [3.05, 3.63) is 65.5 Å². The highest BCUT2D eigenvalue weighted by Gasteiger charge is 2.32. The quantitative estimate of drug-likeness (QED) is 0.682. The van der Waals surface area contributed by atoms with Crippen LogP contribution in [0.2, 0.25) is 0 Å². The first kappa shape index (κ1) is 14.6. The molecule has 0 spiro atoms. The van der Waals surface area contributed by atoms with E-state index in [0.29, 0.717) is 20.7 Å². The number of hydrogen-bond donors (Lipinski definition) is 1. The lowest BCUT2D eigenvalue weighted by Crippen LogP contribution is -2.27. The van der Waals surface area contributed by atoms with Gasteiger partial charge < -0.3 is 9.52 Å². The van der Waals surface area contributed by atoms with E-state index in [9.17, 15) is 9.90 Å². The second-order valence-corrected chi connectivity index (χ2v) is 6.11. The number of hydrogen-bond acceptors (Lipinski definition) is 5. The Labute approximate surface area is 136 Å². The summed E-state index contributed by atoms with van der Waals surface area (Å²) >= 11 is 6.48. The summed E-state index contributed by atoms with van der Waals surface area (Å²) in [6.07, 6.45) is 6.79. The second kappa shape index (κ2) is 6.21. The Morgan fingerprint density at radius 2 is 2.14 bits per heavy atom. The van der Waals surface area contributed by atoms with E-state index in [0.717, 1.165) is 0 Å². The summed E-state index contributed by atoms with van der Waals surface area (Å²) in [6.45, 7) is 0. The molecule has 0 unspecified atom stereocenters. The molecular formula is C16H11NO3S2. The van der Waals surface area contributed by atoms with E-state index in [1.165, 1.54) is 22.7 Å². The van der Waals surface area contributed by atoms with Gasteiger partial charge in [-0.15, -0.1) is 0 Å². The third-order valence-corrected chi connectivity index (χ3v) is 4.25. The Balaban J connectivity index is 1.82. The third kappa shape index (κ3) is 2.98. The molecule has 0 bridgehead atoms. The number of thiocarbonyl (C=S) groups is 1. The maximum atomic E-state index is 12.4. The third-order valence-electron chi connectivity index (χ3n) is 2.93. The summed E-state index contributed by atoms with van der Waals surface area (Å²) in [5.41, 5.74) is 0.556. The van der Waals surface area contributed by atoms with Crippen LogP contribution in [-0.2, 0) is 4.79 Å². The smallest absolute Gasteiger partial charge is 0.270 e. The fraction of sp³-hybridized carbons (Fsp3) is 0. The number of thioether (sulfide) groups is 1. The van der Waals surface area contributed by atoms with Crippen LogP contribution in [0.3, 0.4) is 0 Å². The Bertz CT molecular complexity index is 778. The summed E-state index contributed by atoms with van der Waals surface area (Å²) in [5, 5.41) is 9.53. The summed E-state index contributed by atoms with van der Waals surface area (Å²) in [5.74, 6) is 0.595. The van der Waals surface area contributed by atoms with E-state index in [1.807, 2.05) is 6.07 Å². The zero-order valence-electron chi connectivity index (χ0n) is 11.3. The van der Waals surface area contributed by atoms with Crippen molar-refractivity contribution >= 4 is 46.0 Å². The topological polar surface area (TPSA) is 53.7 Å². The van der Waals surface area contributed by atoms with Crippen molar-refractivity contribution in [3.8, 4) is 5.75 Å². The van der Waals surface area contributed by atoms with Gasteiger partial charge >= 0.3 is 0 Å². The lowest BCUT2D eigenvalue weighted by atomic mass is 10.2. The summed E-state index contributed by atoms with van der Waals surface area (Å²) < 4.78 is 5.62. The van der Waals surface area contributed by atoms with Gasteiger partial charge in [0.05, 0.1) is 16.9 Å². The van der Waals surface area contributed by atoms with Gasteiger partial charge in [-0.3, -0.25) is 9.69 Å². The van der Waals surface area contributed by atoms with Gasteiger partial charge in [-0.1, -0.05) is 36.1 Å². The summed E-state index contributed by atoms with van der Waals surface area (Å²) in [6, 6.07) is 10.1. The van der Waals surface area contributed by atoms with E-state index >= 15 is 0 Å². The van der Waals surface area contributed by atoms with Gasteiger partial charge in [-0.25, -0.2) is 0 Å². The molecule has 3 rings (SSSR count). The minimum atomic E-state index is -0.204. The van der Waals surface area contributed by atoms with Crippen molar-refractivity contribution in [3.63, 3.8) is 0 Å². The van der Waals surface area contributed by atoms with Gasteiger partial charge in [0, 0.05) is 6.07 Å². The molecule has 4 nitrogen and oxygen atoms in total. The number of phenols is 1. The van der Waals surface area contributed by atoms with E-state index in [-0.39, 0.29) is 11.7 Å². The van der Waals surface area contributed by atoms with Crippen molar-refractivity contribution in [1.29, 1.82) is 0 Å². The van der Waals surface area contributed by atoms with Gasteiger partial charge in [-0.2, -0.15) is 0 Å². The number of anilines is 1. The molecule has 1 fully saturated rings. The van der Waals surface area contributed by atoms with Crippen molar-refractivity contribution in [2.75, 3.05) is 4.90 Å². The lowest BCUT2D eigenvalue weighted by molar-refractivity contribution is -0.113. The Hall–Kier alpha value is -2.31. The first-order chi connectivity index (χ1) is 10.6. The van der Waals surface area contributed by atoms with E-state index in [1.54, 1.807) is 48.8 Å². The maximum absolute atomic E-state index is 12.4. The highest BCUT2D eigenvalue weighted by atomic mass is 32.2. The Morgan fingerprint density at radius 3 is 2.86 bits per heavy atom. The van der Waals surface area contributed by atoms with Gasteiger partial charge in [0.1, 0.15) is 11.5 Å². The van der Waals surface area contributed by atoms with Gasteiger partial charge in [0.2, 0.25) is 0 Å². The van der Waals surface area contributed by atoms with Crippen LogP contribution in [0.4, 0.5) is 5.69 Å². The maximum Gasteiger partial charge on any atom is 0.270 e. The molecule has 1 saturated heterocycles. The van der Waals surface area contributed by atoms with Gasteiger partial charge in [0.15, 0.2) is 4.32 Å². The Morgan fingerprint density at radius 1 is 1.27 bits per heavy atom. The predicted molar refractivity (Wildman–Crippen MR) is 91.6 cm³/mol. The summed E-state index contributed by atoms with van der Waals surface area (Å²) in [4.78, 5) is 14.4. The fourth-order valence-corrected chi connectivity index (χ4v) is 3.20. The van der Waals surface area contributed by atoms with Crippen LogP contribution in [0.15, 0.2) is 64.1 Å². The predicted octanol–water partition coefficient (Wildman–Crippen LogP) is 3.95. The molecule has 0 saturated carbocycles. The first-order valence-electron chi connectivity index (χ1n) is 6.42. The van der Waals surface area contributed by atoms with Crippen molar-refractivity contribution in [2.24, 2.45) is 0 Å². The molecule has 1 N–H and O–H groups in total. The molecule has 22 heavy (non-hydrogen) atoms. The molecule has 1 aliphatic rings.